The van der Waals surface area contributed by atoms with Crippen LogP contribution in [0.5, 0.6) is 5.75 Å². The number of nitrogens with zero attached hydrogens (tertiary/aromatic N) is 2. The molecule has 0 spiro atoms. The highest BCUT2D eigenvalue weighted by atomic mass is 16.5. The number of carbonyl (C=O) groups is 2. The lowest BCUT2D eigenvalue weighted by Crippen LogP contribution is -2.45. The maximum absolute atomic E-state index is 13.1. The summed E-state index contributed by atoms with van der Waals surface area (Å²) in [5.41, 5.74) is 2.21. The van der Waals surface area contributed by atoms with Crippen molar-refractivity contribution in [2.45, 2.75) is 45.1 Å². The van der Waals surface area contributed by atoms with Gasteiger partial charge in [0.1, 0.15) is 11.8 Å². The number of aromatic nitrogens is 1. The van der Waals surface area contributed by atoms with E-state index in [4.69, 9.17) is 9.15 Å². The third kappa shape index (κ3) is 5.40. The molecule has 2 heterocycles. The van der Waals surface area contributed by atoms with Gasteiger partial charge in [0.15, 0.2) is 12.2 Å². The maximum Gasteiger partial charge on any atom is 0.254 e. The van der Waals surface area contributed by atoms with Crippen LogP contribution >= 0.6 is 0 Å². The summed E-state index contributed by atoms with van der Waals surface area (Å²) >= 11 is 0. The number of likely N-dealkylation sites (tertiary alicyclic amines) is 1. The number of nitrogens with one attached hydrogen (secondary N) is 1. The molecule has 8 heteroatoms. The van der Waals surface area contributed by atoms with Gasteiger partial charge < -0.3 is 24.5 Å². The second-order valence-electron chi connectivity index (χ2n) is 8.34. The molecule has 0 unspecified atom stereocenters. The Morgan fingerprint density at radius 3 is 2.73 bits per heavy atom. The fourth-order valence-electron chi connectivity index (χ4n) is 3.88. The number of rotatable bonds is 7. The molecule has 2 atom stereocenters. The van der Waals surface area contributed by atoms with Crippen LogP contribution in [0.3, 0.4) is 0 Å². The van der Waals surface area contributed by atoms with Gasteiger partial charge in [0.25, 0.3) is 5.91 Å². The second-order valence-corrected chi connectivity index (χ2v) is 8.34. The van der Waals surface area contributed by atoms with Crippen LogP contribution in [0.4, 0.5) is 0 Å². The van der Waals surface area contributed by atoms with Crippen molar-refractivity contribution >= 4 is 11.8 Å². The minimum Gasteiger partial charge on any atom is -0.491 e. The molecule has 0 aliphatic carbocycles. The standard InChI is InChI=1S/C25H27N3O5/c1-16(2)33-21-5-3-4-19(10-21)25(31)28-14-20(29)11-22(28)24(30)27-12-17-6-8-18(9-7-17)23-13-26-15-32-23/h3-10,13,15-16,20,22,29H,11-12,14H2,1-2H3,(H,27,30)/t20-,22+/m1/s1. The van der Waals surface area contributed by atoms with E-state index in [0.717, 1.165) is 11.1 Å². The zero-order chi connectivity index (χ0) is 23.4. The quantitative estimate of drug-likeness (QED) is 0.575. The topological polar surface area (TPSA) is 105 Å². The lowest BCUT2D eigenvalue weighted by molar-refractivity contribution is -0.125. The molecule has 0 bridgehead atoms. The molecule has 172 valence electrons. The van der Waals surface area contributed by atoms with Crippen molar-refractivity contribution in [3.63, 3.8) is 0 Å². The number of amides is 2. The molecule has 1 aliphatic heterocycles. The Bertz CT molecular complexity index is 1100. The van der Waals surface area contributed by atoms with E-state index < -0.39 is 12.1 Å². The fourth-order valence-corrected chi connectivity index (χ4v) is 3.88. The molecule has 1 aliphatic rings. The third-order valence-corrected chi connectivity index (χ3v) is 5.43. The zero-order valence-electron chi connectivity index (χ0n) is 18.6. The van der Waals surface area contributed by atoms with Gasteiger partial charge >= 0.3 is 0 Å². The first-order chi connectivity index (χ1) is 15.9. The molecule has 1 fully saturated rings. The van der Waals surface area contributed by atoms with Gasteiger partial charge in [-0.05, 0) is 37.6 Å². The summed E-state index contributed by atoms with van der Waals surface area (Å²) in [5, 5.41) is 13.1. The molecule has 0 saturated carbocycles. The van der Waals surface area contributed by atoms with Crippen LogP contribution in [0, 0.1) is 0 Å². The molecule has 2 aromatic carbocycles. The number of aliphatic hydroxyl groups excluding tert-OH is 1. The summed E-state index contributed by atoms with van der Waals surface area (Å²) in [6, 6.07) is 13.7. The van der Waals surface area contributed by atoms with Crippen molar-refractivity contribution < 1.29 is 23.8 Å². The number of ether oxygens (including phenoxy) is 1. The first-order valence-corrected chi connectivity index (χ1v) is 10.9. The maximum atomic E-state index is 13.1. The summed E-state index contributed by atoms with van der Waals surface area (Å²) in [4.78, 5) is 31.4. The van der Waals surface area contributed by atoms with E-state index >= 15 is 0 Å². The number of β-amino-alcohol motifs (C(OH)–C–C–N with tert-alkyl or cyclic N) is 1. The molecule has 2 N–H and O–H groups in total. The van der Waals surface area contributed by atoms with Crippen LogP contribution in [0.15, 0.2) is 65.5 Å². The first-order valence-electron chi connectivity index (χ1n) is 10.9. The molecule has 3 aromatic rings. The molecule has 33 heavy (non-hydrogen) atoms. The van der Waals surface area contributed by atoms with Crippen molar-refractivity contribution in [3.05, 3.63) is 72.2 Å². The van der Waals surface area contributed by atoms with Crippen LogP contribution in [-0.4, -0.2) is 51.6 Å². The largest absolute Gasteiger partial charge is 0.491 e. The lowest BCUT2D eigenvalue weighted by atomic mass is 10.1. The van der Waals surface area contributed by atoms with Crippen LogP contribution < -0.4 is 10.1 Å². The average molecular weight is 450 g/mol. The van der Waals surface area contributed by atoms with Gasteiger partial charge in [-0.1, -0.05) is 30.3 Å². The second kappa shape index (κ2) is 9.87. The van der Waals surface area contributed by atoms with Crippen molar-refractivity contribution in [1.82, 2.24) is 15.2 Å². The Kier molecular flexibility index (Phi) is 6.74. The van der Waals surface area contributed by atoms with E-state index in [1.807, 2.05) is 38.1 Å². The van der Waals surface area contributed by atoms with Gasteiger partial charge in [-0.25, -0.2) is 4.98 Å². The van der Waals surface area contributed by atoms with Gasteiger partial charge in [0.2, 0.25) is 5.91 Å². The Labute approximate surface area is 192 Å². The van der Waals surface area contributed by atoms with Crippen LogP contribution in [-0.2, 0) is 11.3 Å². The first kappa shape index (κ1) is 22.5. The number of benzene rings is 2. The Hall–Kier alpha value is -3.65. The van der Waals surface area contributed by atoms with Crippen LogP contribution in [0.2, 0.25) is 0 Å². The highest BCUT2D eigenvalue weighted by molar-refractivity contribution is 5.98. The Morgan fingerprint density at radius 2 is 2.03 bits per heavy atom. The molecular weight excluding hydrogens is 422 g/mol. The summed E-state index contributed by atoms with van der Waals surface area (Å²) in [5.74, 6) is 0.652. The summed E-state index contributed by atoms with van der Waals surface area (Å²) in [6.45, 7) is 4.24. The number of hydrogen-bond donors (Lipinski definition) is 2. The van der Waals surface area contributed by atoms with Gasteiger partial charge in [-0.15, -0.1) is 0 Å². The third-order valence-electron chi connectivity index (χ3n) is 5.43. The minimum atomic E-state index is -0.749. The number of aliphatic hydroxyl groups is 1. The van der Waals surface area contributed by atoms with E-state index in [2.05, 4.69) is 10.3 Å². The van der Waals surface area contributed by atoms with Gasteiger partial charge in [-0.3, -0.25) is 9.59 Å². The summed E-state index contributed by atoms with van der Waals surface area (Å²) < 4.78 is 11.0. The normalized spacial score (nSPS) is 17.9. The smallest absolute Gasteiger partial charge is 0.254 e. The Morgan fingerprint density at radius 1 is 1.24 bits per heavy atom. The molecule has 2 amide bonds. The minimum absolute atomic E-state index is 0.0210. The van der Waals surface area contributed by atoms with Gasteiger partial charge in [0.05, 0.1) is 18.4 Å². The highest BCUT2D eigenvalue weighted by Crippen LogP contribution is 2.24. The molecular formula is C25H27N3O5. The van der Waals surface area contributed by atoms with E-state index in [0.29, 0.717) is 23.6 Å². The van der Waals surface area contributed by atoms with Gasteiger partial charge in [0, 0.05) is 30.6 Å². The van der Waals surface area contributed by atoms with Crippen molar-refractivity contribution in [3.8, 4) is 17.1 Å². The average Bonchev–Trinajstić information content (AvgIpc) is 3.47. The molecule has 8 nitrogen and oxygen atoms in total. The molecule has 1 aromatic heterocycles. The molecule has 4 rings (SSSR count). The van der Waals surface area contributed by atoms with E-state index in [1.165, 1.54) is 11.3 Å². The van der Waals surface area contributed by atoms with Gasteiger partial charge in [-0.2, -0.15) is 0 Å². The monoisotopic (exact) mass is 449 g/mol. The lowest BCUT2D eigenvalue weighted by Gasteiger charge is -2.24. The zero-order valence-corrected chi connectivity index (χ0v) is 18.6. The van der Waals surface area contributed by atoms with Crippen LogP contribution in [0.25, 0.3) is 11.3 Å². The van der Waals surface area contributed by atoms with Crippen LogP contribution in [0.1, 0.15) is 36.2 Å². The number of carbonyl (C=O) groups excluding carboxylic acids is 2. The predicted molar refractivity (Wildman–Crippen MR) is 121 cm³/mol. The highest BCUT2D eigenvalue weighted by Gasteiger charge is 2.39. The summed E-state index contributed by atoms with van der Waals surface area (Å²) in [6.07, 6.45) is 2.44. The van der Waals surface area contributed by atoms with E-state index in [9.17, 15) is 14.7 Å². The molecule has 1 saturated heterocycles. The predicted octanol–water partition coefficient (Wildman–Crippen LogP) is 3.02. The Balaban J connectivity index is 1.40. The fraction of sp³-hybridized carbons (Fsp3) is 0.320. The summed E-state index contributed by atoms with van der Waals surface area (Å²) in [7, 11) is 0. The van der Waals surface area contributed by atoms with Crippen molar-refractivity contribution in [2.75, 3.05) is 6.54 Å². The SMILES string of the molecule is CC(C)Oc1cccc(C(=O)N2C[C@H](O)C[C@H]2C(=O)NCc2ccc(-c3cnco3)cc2)c1. The van der Waals surface area contributed by atoms with Crippen molar-refractivity contribution in [2.24, 2.45) is 0 Å². The van der Waals surface area contributed by atoms with Crippen molar-refractivity contribution in [1.29, 1.82) is 0 Å². The molecule has 0 radical (unpaired) electrons. The number of oxazole rings is 1. The van der Waals surface area contributed by atoms with E-state index in [1.54, 1.807) is 30.5 Å². The van der Waals surface area contributed by atoms with E-state index in [-0.39, 0.29) is 30.9 Å². The number of hydrogen-bond acceptors (Lipinski definition) is 6.